The average Bonchev–Trinajstić information content (AvgIpc) is 2.97. The van der Waals surface area contributed by atoms with Crippen LogP contribution in [0.2, 0.25) is 5.02 Å². The first kappa shape index (κ1) is 19.3. The van der Waals surface area contributed by atoms with Crippen LogP contribution in [0.3, 0.4) is 0 Å². The van der Waals surface area contributed by atoms with Crippen LogP contribution < -0.4 is 5.32 Å². The molecule has 0 saturated carbocycles. The molecule has 140 valence electrons. The molecule has 26 heavy (non-hydrogen) atoms. The predicted octanol–water partition coefficient (Wildman–Crippen LogP) is 3.07. The number of anilines is 1. The summed E-state index contributed by atoms with van der Waals surface area (Å²) in [5, 5.41) is 3.39. The van der Waals surface area contributed by atoms with Crippen molar-refractivity contribution >= 4 is 44.0 Å². The fraction of sp³-hybridized carbons (Fsp3) is 0.412. The van der Waals surface area contributed by atoms with E-state index in [1.807, 2.05) is 18.2 Å². The van der Waals surface area contributed by atoms with Gasteiger partial charge >= 0.3 is 0 Å². The van der Waals surface area contributed by atoms with Crippen LogP contribution in [0.25, 0.3) is 0 Å². The van der Waals surface area contributed by atoms with Gasteiger partial charge in [-0.3, -0.25) is 4.79 Å². The number of rotatable bonds is 5. The molecule has 1 aromatic heterocycles. The monoisotopic (exact) mass is 413 g/mol. The zero-order valence-corrected chi connectivity index (χ0v) is 16.9. The Morgan fingerprint density at radius 2 is 2.12 bits per heavy atom. The molecule has 0 unspecified atom stereocenters. The summed E-state index contributed by atoms with van der Waals surface area (Å²) >= 11 is 7.41. The number of thiazole rings is 1. The number of nitrogens with one attached hydrogen (secondary N) is 1. The maximum absolute atomic E-state index is 12.3. The molecule has 9 heteroatoms. The van der Waals surface area contributed by atoms with Crippen LogP contribution in [0.4, 0.5) is 5.13 Å². The van der Waals surface area contributed by atoms with Crippen molar-refractivity contribution in [2.24, 2.45) is 0 Å². The van der Waals surface area contributed by atoms with Crippen LogP contribution >= 0.6 is 22.9 Å². The molecule has 2 heterocycles. The fourth-order valence-corrected chi connectivity index (χ4v) is 5.29. The molecule has 0 saturated heterocycles. The molecule has 0 bridgehead atoms. The second kappa shape index (κ2) is 7.64. The Kier molecular flexibility index (Phi) is 5.67. The average molecular weight is 414 g/mol. The van der Waals surface area contributed by atoms with Crippen LogP contribution in [0, 0.1) is 0 Å². The predicted molar refractivity (Wildman–Crippen MR) is 104 cm³/mol. The molecule has 2 aromatic rings. The van der Waals surface area contributed by atoms with Gasteiger partial charge in [0.25, 0.3) is 0 Å². The van der Waals surface area contributed by atoms with Crippen LogP contribution in [0.15, 0.2) is 24.3 Å². The molecule has 1 amide bonds. The molecular weight excluding hydrogens is 394 g/mol. The van der Waals surface area contributed by atoms with Crippen molar-refractivity contribution in [1.29, 1.82) is 0 Å². The first-order valence-corrected chi connectivity index (χ1v) is 11.0. The van der Waals surface area contributed by atoms with Crippen molar-refractivity contribution < 1.29 is 13.2 Å². The smallest absolute Gasteiger partial charge is 0.230 e. The maximum atomic E-state index is 12.3. The summed E-state index contributed by atoms with van der Waals surface area (Å²) in [4.78, 5) is 17.6. The molecule has 1 aliphatic heterocycles. The second-order valence-corrected chi connectivity index (χ2v) is 10.4. The Labute approximate surface area is 162 Å². The summed E-state index contributed by atoms with van der Waals surface area (Å²) in [7, 11) is -3.29. The number of halogens is 1. The molecule has 6 nitrogen and oxygen atoms in total. The lowest BCUT2D eigenvalue weighted by Gasteiger charge is -2.26. The highest BCUT2D eigenvalue weighted by Gasteiger charge is 2.31. The number of benzene rings is 1. The Hall–Kier alpha value is -1.48. The summed E-state index contributed by atoms with van der Waals surface area (Å²) in [5.41, 5.74) is 1.61. The van der Waals surface area contributed by atoms with E-state index < -0.39 is 15.3 Å². The molecule has 1 N–H and O–H groups in total. The molecule has 1 aromatic carbocycles. The van der Waals surface area contributed by atoms with Gasteiger partial charge in [0.15, 0.2) is 5.13 Å². The number of amides is 1. The molecule has 0 radical (unpaired) electrons. The third-order valence-corrected chi connectivity index (χ3v) is 7.80. The first-order chi connectivity index (χ1) is 12.3. The lowest BCUT2D eigenvalue weighted by atomic mass is 10.1. The number of hydrogen-bond donors (Lipinski definition) is 1. The number of fused-ring (bicyclic) bond motifs is 1. The summed E-state index contributed by atoms with van der Waals surface area (Å²) in [6.07, 6.45) is 0.718. The SMILES string of the molecule is CC(C)S(=O)(=O)N1CCc2nc(NC(=O)Cc3ccccc3Cl)sc2C1. The van der Waals surface area contributed by atoms with Gasteiger partial charge in [-0.2, -0.15) is 4.31 Å². The zero-order valence-electron chi connectivity index (χ0n) is 14.5. The van der Waals surface area contributed by atoms with Crippen molar-refractivity contribution in [2.75, 3.05) is 11.9 Å². The summed E-state index contributed by atoms with van der Waals surface area (Å²) < 4.78 is 26.2. The van der Waals surface area contributed by atoms with E-state index in [4.69, 9.17) is 11.6 Å². The number of hydrogen-bond acceptors (Lipinski definition) is 5. The van der Waals surface area contributed by atoms with Crippen LogP contribution in [0.5, 0.6) is 0 Å². The molecule has 0 atom stereocenters. The van der Waals surface area contributed by atoms with Gasteiger partial charge in [0, 0.05) is 29.4 Å². The highest BCUT2D eigenvalue weighted by molar-refractivity contribution is 7.89. The maximum Gasteiger partial charge on any atom is 0.230 e. The number of aromatic nitrogens is 1. The molecule has 0 spiro atoms. The molecular formula is C17H20ClN3O3S2. The van der Waals surface area contributed by atoms with Gasteiger partial charge in [0.05, 0.1) is 17.4 Å². The minimum atomic E-state index is -3.29. The Balaban J connectivity index is 1.69. The van der Waals surface area contributed by atoms with Crippen molar-refractivity contribution in [3.05, 3.63) is 45.4 Å². The van der Waals surface area contributed by atoms with Crippen molar-refractivity contribution in [2.45, 2.75) is 38.5 Å². The van der Waals surface area contributed by atoms with Gasteiger partial charge in [0.2, 0.25) is 15.9 Å². The van der Waals surface area contributed by atoms with E-state index in [-0.39, 0.29) is 12.3 Å². The van der Waals surface area contributed by atoms with E-state index in [1.165, 1.54) is 15.6 Å². The van der Waals surface area contributed by atoms with Gasteiger partial charge in [-0.05, 0) is 25.5 Å². The fourth-order valence-electron chi connectivity index (χ4n) is 2.72. The van der Waals surface area contributed by atoms with E-state index in [2.05, 4.69) is 10.3 Å². The van der Waals surface area contributed by atoms with E-state index in [0.29, 0.717) is 29.7 Å². The minimum Gasteiger partial charge on any atom is -0.302 e. The third-order valence-electron chi connectivity index (χ3n) is 4.21. The first-order valence-electron chi connectivity index (χ1n) is 8.28. The Bertz CT molecular complexity index is 925. The quantitative estimate of drug-likeness (QED) is 0.816. The van der Waals surface area contributed by atoms with Gasteiger partial charge < -0.3 is 5.32 Å². The number of nitrogens with zero attached hydrogens (tertiary/aromatic N) is 2. The Morgan fingerprint density at radius 3 is 2.81 bits per heavy atom. The van der Waals surface area contributed by atoms with Gasteiger partial charge in [-0.1, -0.05) is 29.8 Å². The molecule has 0 fully saturated rings. The third kappa shape index (κ3) is 4.09. The van der Waals surface area contributed by atoms with E-state index in [1.54, 1.807) is 19.9 Å². The highest BCUT2D eigenvalue weighted by atomic mass is 35.5. The largest absolute Gasteiger partial charge is 0.302 e. The van der Waals surface area contributed by atoms with Crippen molar-refractivity contribution in [3.8, 4) is 0 Å². The van der Waals surface area contributed by atoms with Gasteiger partial charge in [-0.15, -0.1) is 11.3 Å². The van der Waals surface area contributed by atoms with E-state index in [9.17, 15) is 13.2 Å². The molecule has 3 rings (SSSR count). The zero-order chi connectivity index (χ0) is 18.9. The van der Waals surface area contributed by atoms with E-state index in [0.717, 1.165) is 16.1 Å². The van der Waals surface area contributed by atoms with Crippen LogP contribution in [-0.2, 0) is 34.2 Å². The van der Waals surface area contributed by atoms with Gasteiger partial charge in [0.1, 0.15) is 0 Å². The number of carbonyl (C=O) groups excluding carboxylic acids is 1. The van der Waals surface area contributed by atoms with Crippen molar-refractivity contribution in [3.63, 3.8) is 0 Å². The molecule has 0 aliphatic carbocycles. The number of carbonyl (C=O) groups is 1. The standard InChI is InChI=1S/C17H20ClN3O3S2/c1-11(2)26(23,24)21-8-7-14-15(10-21)25-17(19-14)20-16(22)9-12-5-3-4-6-13(12)18/h3-6,11H,7-10H2,1-2H3,(H,19,20,22). The Morgan fingerprint density at radius 1 is 1.38 bits per heavy atom. The van der Waals surface area contributed by atoms with Gasteiger partial charge in [-0.25, -0.2) is 13.4 Å². The number of sulfonamides is 1. The van der Waals surface area contributed by atoms with Crippen LogP contribution in [-0.4, -0.2) is 35.4 Å². The van der Waals surface area contributed by atoms with E-state index >= 15 is 0 Å². The lowest BCUT2D eigenvalue weighted by Crippen LogP contribution is -2.39. The summed E-state index contributed by atoms with van der Waals surface area (Å²) in [6, 6.07) is 7.20. The van der Waals surface area contributed by atoms with Crippen molar-refractivity contribution in [1.82, 2.24) is 9.29 Å². The lowest BCUT2D eigenvalue weighted by molar-refractivity contribution is -0.115. The summed E-state index contributed by atoms with van der Waals surface area (Å²) in [5.74, 6) is -0.198. The van der Waals surface area contributed by atoms with Crippen LogP contribution in [0.1, 0.15) is 30.0 Å². The highest BCUT2D eigenvalue weighted by Crippen LogP contribution is 2.30. The second-order valence-electron chi connectivity index (χ2n) is 6.38. The topological polar surface area (TPSA) is 79.4 Å². The molecule has 1 aliphatic rings. The minimum absolute atomic E-state index is 0.164. The normalized spacial score (nSPS) is 15.1. The summed E-state index contributed by atoms with van der Waals surface area (Å²) in [6.45, 7) is 4.09.